The predicted molar refractivity (Wildman–Crippen MR) is 122 cm³/mol. The van der Waals surface area contributed by atoms with Crippen molar-refractivity contribution in [1.82, 2.24) is 0 Å². The Bertz CT molecular complexity index is 1130. The number of fused-ring (bicyclic) bond motifs is 1. The first-order chi connectivity index (χ1) is 17.0. The minimum absolute atomic E-state index is 0.0405. The average Bonchev–Trinajstić information content (AvgIpc) is 3.25. The number of Topliss-reactive ketones (excluding diaryl/α,β-unsaturated/α-hetero) is 1. The molecule has 0 aromatic rings. The maximum absolute atomic E-state index is 13.5. The standard InChI is InChI=1S/C26H34O11/c1-11-8-17-24(32)12(2)9-16(30)18-19(24)26(36-22(18,6)7)23(31,10-33-13(3)27)21(35-15(5)29)25(17,37-26)20(11)34-14(4)28/h8,12,17-21,31-32H,9-10H2,1-7H3. The van der Waals surface area contributed by atoms with Gasteiger partial charge in [0, 0.05) is 33.1 Å². The van der Waals surface area contributed by atoms with Gasteiger partial charge in [-0.15, -0.1) is 0 Å². The number of carbonyl (C=O) groups excluding carboxylic acids is 4. The Morgan fingerprint density at radius 3 is 2.24 bits per heavy atom. The highest BCUT2D eigenvalue weighted by molar-refractivity contribution is 5.85. The van der Waals surface area contributed by atoms with E-state index in [4.69, 9.17) is 23.7 Å². The minimum Gasteiger partial charge on any atom is -0.462 e. The molecule has 3 saturated heterocycles. The van der Waals surface area contributed by atoms with E-state index >= 15 is 0 Å². The normalized spacial score (nSPS) is 48.6. The highest BCUT2D eigenvalue weighted by atomic mass is 16.8. The van der Waals surface area contributed by atoms with E-state index in [1.807, 2.05) is 0 Å². The zero-order valence-electron chi connectivity index (χ0n) is 22.0. The number of rotatable bonds is 4. The molecule has 4 fully saturated rings. The first-order valence-corrected chi connectivity index (χ1v) is 12.5. The molecule has 3 heterocycles. The number of esters is 3. The van der Waals surface area contributed by atoms with Crippen LogP contribution in [0.25, 0.3) is 0 Å². The molecule has 0 radical (unpaired) electrons. The number of aliphatic hydroxyl groups is 2. The van der Waals surface area contributed by atoms with Crippen LogP contribution in [0.1, 0.15) is 54.9 Å². The lowest BCUT2D eigenvalue weighted by Crippen LogP contribution is -2.73. The molecule has 204 valence electrons. The van der Waals surface area contributed by atoms with Crippen molar-refractivity contribution < 1.29 is 53.1 Å². The van der Waals surface area contributed by atoms with Gasteiger partial charge in [-0.3, -0.25) is 19.2 Å². The van der Waals surface area contributed by atoms with Gasteiger partial charge in [-0.25, -0.2) is 0 Å². The largest absolute Gasteiger partial charge is 0.462 e. The molecule has 5 rings (SSSR count). The maximum atomic E-state index is 13.5. The van der Waals surface area contributed by atoms with Crippen molar-refractivity contribution in [2.75, 3.05) is 6.61 Å². The van der Waals surface area contributed by atoms with Crippen LogP contribution in [0.4, 0.5) is 0 Å². The molecule has 1 saturated carbocycles. The Kier molecular flexibility index (Phi) is 5.41. The SMILES string of the molecule is CC(=O)OCC1(O)C(OC(C)=O)C23OC14OC(C)(C)C1C(=O)CC(C)C(O)(C2C=C(C)C3OC(C)=O)C14. The van der Waals surface area contributed by atoms with Crippen molar-refractivity contribution in [3.63, 3.8) is 0 Å². The number of ketones is 1. The molecule has 10 unspecified atom stereocenters. The van der Waals surface area contributed by atoms with Crippen LogP contribution in [0.3, 0.4) is 0 Å². The van der Waals surface area contributed by atoms with E-state index in [9.17, 15) is 29.4 Å². The van der Waals surface area contributed by atoms with Crippen molar-refractivity contribution in [3.05, 3.63) is 11.6 Å². The molecule has 5 aliphatic rings. The lowest BCUT2D eigenvalue weighted by Gasteiger charge is -2.59. The molecule has 0 aromatic carbocycles. The average molecular weight is 523 g/mol. The van der Waals surface area contributed by atoms with Gasteiger partial charge in [0.25, 0.3) is 0 Å². The zero-order valence-corrected chi connectivity index (χ0v) is 22.0. The van der Waals surface area contributed by atoms with Gasteiger partial charge in [0.05, 0.1) is 23.0 Å². The summed E-state index contributed by atoms with van der Waals surface area (Å²) in [5.74, 6) is -8.10. The third kappa shape index (κ3) is 2.97. The smallest absolute Gasteiger partial charge is 0.303 e. The summed E-state index contributed by atoms with van der Waals surface area (Å²) in [7, 11) is 0. The first-order valence-electron chi connectivity index (χ1n) is 12.5. The molecular weight excluding hydrogens is 488 g/mol. The summed E-state index contributed by atoms with van der Waals surface area (Å²) in [6.07, 6.45) is -1.03. The Hall–Kier alpha value is -2.34. The Balaban J connectivity index is 1.86. The lowest BCUT2D eigenvalue weighted by atomic mass is 9.52. The molecule has 3 aliphatic heterocycles. The quantitative estimate of drug-likeness (QED) is 0.303. The molecule has 2 N–H and O–H groups in total. The van der Waals surface area contributed by atoms with Gasteiger partial charge in [-0.2, -0.15) is 0 Å². The summed E-state index contributed by atoms with van der Waals surface area (Å²) in [5, 5.41) is 25.2. The van der Waals surface area contributed by atoms with Crippen molar-refractivity contribution in [3.8, 4) is 0 Å². The summed E-state index contributed by atoms with van der Waals surface area (Å²) in [6, 6.07) is 0. The van der Waals surface area contributed by atoms with Crippen LogP contribution in [0, 0.1) is 23.7 Å². The molecule has 37 heavy (non-hydrogen) atoms. The van der Waals surface area contributed by atoms with E-state index < -0.39 is 88.6 Å². The van der Waals surface area contributed by atoms with Gasteiger partial charge in [-0.05, 0) is 32.3 Å². The van der Waals surface area contributed by atoms with Gasteiger partial charge in [0.2, 0.25) is 5.79 Å². The van der Waals surface area contributed by atoms with Crippen LogP contribution in [0.15, 0.2) is 11.6 Å². The highest BCUT2D eigenvalue weighted by Gasteiger charge is 2.93. The van der Waals surface area contributed by atoms with Crippen molar-refractivity contribution in [2.45, 2.75) is 95.3 Å². The van der Waals surface area contributed by atoms with Crippen molar-refractivity contribution in [1.29, 1.82) is 0 Å². The third-order valence-electron chi connectivity index (χ3n) is 9.12. The van der Waals surface area contributed by atoms with E-state index in [1.54, 1.807) is 33.8 Å². The Morgan fingerprint density at radius 2 is 1.68 bits per heavy atom. The summed E-state index contributed by atoms with van der Waals surface area (Å²) in [4.78, 5) is 50.1. The summed E-state index contributed by atoms with van der Waals surface area (Å²) in [5.41, 5.74) is -6.63. The zero-order chi connectivity index (χ0) is 27.5. The monoisotopic (exact) mass is 522 g/mol. The van der Waals surface area contributed by atoms with Crippen LogP contribution >= 0.6 is 0 Å². The van der Waals surface area contributed by atoms with Gasteiger partial charge < -0.3 is 33.9 Å². The molecule has 2 bridgehead atoms. The lowest BCUT2D eigenvalue weighted by molar-refractivity contribution is -0.384. The third-order valence-corrected chi connectivity index (χ3v) is 9.12. The molecule has 0 aromatic heterocycles. The Labute approximate surface area is 214 Å². The van der Waals surface area contributed by atoms with Gasteiger partial charge in [0.15, 0.2) is 23.4 Å². The van der Waals surface area contributed by atoms with Crippen LogP contribution < -0.4 is 0 Å². The fourth-order valence-electron chi connectivity index (χ4n) is 8.09. The Morgan fingerprint density at radius 1 is 1.05 bits per heavy atom. The van der Waals surface area contributed by atoms with E-state index in [0.717, 1.165) is 13.8 Å². The number of hydrogen-bond acceptors (Lipinski definition) is 11. The summed E-state index contributed by atoms with van der Waals surface area (Å²) >= 11 is 0. The molecule has 0 amide bonds. The second-order valence-electron chi connectivity index (χ2n) is 11.8. The molecule has 2 spiro atoms. The van der Waals surface area contributed by atoms with Gasteiger partial charge in [-0.1, -0.05) is 13.0 Å². The second kappa shape index (κ2) is 7.62. The van der Waals surface area contributed by atoms with E-state index in [0.29, 0.717) is 5.57 Å². The highest BCUT2D eigenvalue weighted by Crippen LogP contribution is 2.75. The van der Waals surface area contributed by atoms with Crippen molar-refractivity contribution in [2.24, 2.45) is 23.7 Å². The fourth-order valence-corrected chi connectivity index (χ4v) is 8.09. The summed E-state index contributed by atoms with van der Waals surface area (Å²) in [6.45, 7) is 9.54. The molecule has 11 heteroatoms. The first kappa shape index (κ1) is 26.3. The number of ether oxygens (including phenoxy) is 5. The van der Waals surface area contributed by atoms with Gasteiger partial charge in [0.1, 0.15) is 12.4 Å². The van der Waals surface area contributed by atoms with Crippen molar-refractivity contribution >= 4 is 23.7 Å². The minimum atomic E-state index is -2.38. The molecular formula is C26H34O11. The number of hydrogen-bond donors (Lipinski definition) is 2. The van der Waals surface area contributed by atoms with Crippen LogP contribution in [0.5, 0.6) is 0 Å². The van der Waals surface area contributed by atoms with Crippen LogP contribution in [-0.4, -0.2) is 80.9 Å². The fraction of sp³-hybridized carbons (Fsp3) is 0.769. The second-order valence-corrected chi connectivity index (χ2v) is 11.8. The van der Waals surface area contributed by atoms with E-state index in [2.05, 4.69) is 0 Å². The summed E-state index contributed by atoms with van der Waals surface area (Å²) < 4.78 is 29.9. The van der Waals surface area contributed by atoms with Crippen LogP contribution in [0.2, 0.25) is 0 Å². The molecule has 10 atom stereocenters. The topological polar surface area (TPSA) is 155 Å². The van der Waals surface area contributed by atoms with E-state index in [1.165, 1.54) is 6.92 Å². The number of carbonyl (C=O) groups is 4. The van der Waals surface area contributed by atoms with Crippen LogP contribution in [-0.2, 0) is 42.9 Å². The predicted octanol–water partition coefficient (Wildman–Crippen LogP) is 0.580. The molecule has 2 aliphatic carbocycles. The van der Waals surface area contributed by atoms with E-state index in [-0.39, 0.29) is 12.2 Å². The van der Waals surface area contributed by atoms with Gasteiger partial charge >= 0.3 is 17.9 Å². The molecule has 11 nitrogen and oxygen atoms in total. The maximum Gasteiger partial charge on any atom is 0.303 e.